The zero-order chi connectivity index (χ0) is 27.0. The van der Waals surface area contributed by atoms with E-state index in [9.17, 15) is 18.8 Å². The maximum Gasteiger partial charge on any atom is 0.269 e. The van der Waals surface area contributed by atoms with E-state index in [2.05, 4.69) is 41.3 Å². The van der Waals surface area contributed by atoms with Gasteiger partial charge in [-0.1, -0.05) is 12.1 Å². The topological polar surface area (TPSA) is 149 Å². The predicted molar refractivity (Wildman–Crippen MR) is 140 cm³/mol. The largest absolute Gasteiger partial charge is 0.364 e. The first-order valence-electron chi connectivity index (χ1n) is 11.7. The fraction of sp³-hybridized carbons (Fsp3) is 0.240. The van der Waals surface area contributed by atoms with E-state index < -0.39 is 29.9 Å². The highest BCUT2D eigenvalue weighted by molar-refractivity contribution is 9.10. The van der Waals surface area contributed by atoms with Crippen LogP contribution < -0.4 is 11.1 Å². The van der Waals surface area contributed by atoms with Crippen LogP contribution in [0, 0.1) is 6.92 Å². The Labute approximate surface area is 224 Å². The summed E-state index contributed by atoms with van der Waals surface area (Å²) in [6.45, 7) is 1.22. The summed E-state index contributed by atoms with van der Waals surface area (Å²) in [4.78, 5) is 52.1. The number of alkyl halides is 1. The van der Waals surface area contributed by atoms with Gasteiger partial charge < -0.3 is 16.0 Å². The van der Waals surface area contributed by atoms with Crippen LogP contribution in [-0.4, -0.2) is 66.1 Å². The molecule has 2 atom stereocenters. The van der Waals surface area contributed by atoms with Crippen LogP contribution in [0.2, 0.25) is 0 Å². The van der Waals surface area contributed by atoms with Crippen molar-refractivity contribution in [2.45, 2.75) is 32.1 Å². The maximum absolute atomic E-state index is 14.4. The van der Waals surface area contributed by atoms with Gasteiger partial charge in [0, 0.05) is 29.8 Å². The Morgan fingerprint density at radius 3 is 2.63 bits per heavy atom. The monoisotopic (exact) mass is 580 g/mol. The normalized spacial score (nSPS) is 17.1. The average molecular weight is 581 g/mol. The van der Waals surface area contributed by atoms with Gasteiger partial charge in [0.25, 0.3) is 5.91 Å². The molecule has 0 unspecified atom stereocenters. The van der Waals surface area contributed by atoms with Crippen molar-refractivity contribution in [1.82, 2.24) is 29.6 Å². The van der Waals surface area contributed by atoms with Gasteiger partial charge in [0.05, 0.1) is 12.1 Å². The maximum atomic E-state index is 14.4. The molecule has 3 amide bonds. The molecule has 5 rings (SSSR count). The molecule has 1 aliphatic rings. The Morgan fingerprint density at radius 1 is 1.16 bits per heavy atom. The molecule has 0 radical (unpaired) electrons. The SMILES string of the molecule is Cc1ncc(-c2ccc3c(c2)c(C(N)=O)nn3CC(=O)N2C[C@H](F)C[C@H]2C(=O)Nc2cccc(Br)n2)cn1. The van der Waals surface area contributed by atoms with Gasteiger partial charge in [-0.3, -0.25) is 19.1 Å². The number of likely N-dealkylation sites (tertiary alicyclic amines) is 1. The van der Waals surface area contributed by atoms with E-state index in [1.807, 2.05) is 0 Å². The summed E-state index contributed by atoms with van der Waals surface area (Å²) in [7, 11) is 0. The van der Waals surface area contributed by atoms with Crippen LogP contribution in [0.15, 0.2) is 53.4 Å². The zero-order valence-corrected chi connectivity index (χ0v) is 21.7. The van der Waals surface area contributed by atoms with Gasteiger partial charge >= 0.3 is 0 Å². The standard InChI is InChI=1S/C25H22BrFN8O3/c1-13-29-9-15(10-30-13)14-5-6-18-17(7-14)23(24(28)37)33-35(18)12-22(36)34-11-16(27)8-19(34)25(38)32-21-4-2-3-20(26)31-21/h2-7,9-10,16,19H,8,11-12H2,1H3,(H2,28,37)(H,31,32,38)/t16-,19+/m1/s1. The lowest BCUT2D eigenvalue weighted by Gasteiger charge is -2.23. The predicted octanol–water partition coefficient (Wildman–Crippen LogP) is 2.64. The fourth-order valence-electron chi connectivity index (χ4n) is 4.42. The summed E-state index contributed by atoms with van der Waals surface area (Å²) in [5, 5.41) is 7.35. The quantitative estimate of drug-likeness (QED) is 0.333. The van der Waals surface area contributed by atoms with Gasteiger partial charge in [-0.05, 0) is 52.7 Å². The molecule has 1 aliphatic heterocycles. The van der Waals surface area contributed by atoms with Crippen molar-refractivity contribution in [1.29, 1.82) is 0 Å². The van der Waals surface area contributed by atoms with Crippen molar-refractivity contribution < 1.29 is 18.8 Å². The van der Waals surface area contributed by atoms with Crippen LogP contribution >= 0.6 is 15.9 Å². The third kappa shape index (κ3) is 5.09. The minimum atomic E-state index is -1.36. The van der Waals surface area contributed by atoms with E-state index in [4.69, 9.17) is 5.73 Å². The van der Waals surface area contributed by atoms with Crippen LogP contribution in [0.1, 0.15) is 22.7 Å². The summed E-state index contributed by atoms with van der Waals surface area (Å²) >= 11 is 3.23. The number of aryl methyl sites for hydroxylation is 1. The van der Waals surface area contributed by atoms with E-state index in [0.29, 0.717) is 21.3 Å². The first kappa shape index (κ1) is 25.4. The number of primary amides is 1. The Balaban J connectivity index is 1.41. The second kappa shape index (κ2) is 10.2. The number of carbonyl (C=O) groups excluding carboxylic acids is 3. The molecule has 4 heterocycles. The lowest BCUT2D eigenvalue weighted by Crippen LogP contribution is -2.44. The number of anilines is 1. The number of fused-ring (bicyclic) bond motifs is 1. The number of pyridine rings is 1. The fourth-order valence-corrected chi connectivity index (χ4v) is 4.76. The molecule has 1 fully saturated rings. The van der Waals surface area contributed by atoms with Crippen molar-refractivity contribution in [3.05, 3.63) is 64.9 Å². The number of nitrogens with two attached hydrogens (primary N) is 1. The summed E-state index contributed by atoms with van der Waals surface area (Å²) in [5.41, 5.74) is 7.52. The first-order chi connectivity index (χ1) is 18.2. The molecule has 194 valence electrons. The average Bonchev–Trinajstić information content (AvgIpc) is 3.45. The van der Waals surface area contributed by atoms with Crippen molar-refractivity contribution in [3.8, 4) is 11.1 Å². The van der Waals surface area contributed by atoms with Crippen LogP contribution in [0.25, 0.3) is 22.0 Å². The van der Waals surface area contributed by atoms with Gasteiger partial charge in [0.1, 0.15) is 35.0 Å². The summed E-state index contributed by atoms with van der Waals surface area (Å²) < 4.78 is 16.2. The van der Waals surface area contributed by atoms with E-state index >= 15 is 0 Å². The van der Waals surface area contributed by atoms with Crippen molar-refractivity contribution >= 4 is 50.4 Å². The Bertz CT molecular complexity index is 1560. The van der Waals surface area contributed by atoms with Crippen LogP contribution in [0.4, 0.5) is 10.2 Å². The zero-order valence-electron chi connectivity index (χ0n) is 20.1. The summed E-state index contributed by atoms with van der Waals surface area (Å²) in [6, 6.07) is 9.19. The molecule has 11 nitrogen and oxygen atoms in total. The number of nitrogens with one attached hydrogen (secondary N) is 1. The Morgan fingerprint density at radius 2 is 1.92 bits per heavy atom. The lowest BCUT2D eigenvalue weighted by molar-refractivity contribution is -0.137. The number of benzene rings is 1. The number of aromatic nitrogens is 5. The smallest absolute Gasteiger partial charge is 0.269 e. The van der Waals surface area contributed by atoms with Gasteiger partial charge in [-0.15, -0.1) is 0 Å². The molecule has 13 heteroatoms. The molecule has 3 aromatic heterocycles. The Hall–Kier alpha value is -4.26. The molecule has 0 aliphatic carbocycles. The molecule has 3 N–H and O–H groups in total. The number of hydrogen-bond acceptors (Lipinski definition) is 7. The lowest BCUT2D eigenvalue weighted by atomic mass is 10.1. The highest BCUT2D eigenvalue weighted by atomic mass is 79.9. The number of hydrogen-bond donors (Lipinski definition) is 2. The second-order valence-electron chi connectivity index (χ2n) is 8.85. The number of nitrogens with zero attached hydrogens (tertiary/aromatic N) is 6. The highest BCUT2D eigenvalue weighted by Crippen LogP contribution is 2.27. The molecule has 0 saturated carbocycles. The third-order valence-electron chi connectivity index (χ3n) is 6.22. The second-order valence-corrected chi connectivity index (χ2v) is 9.66. The molecule has 4 aromatic rings. The Kier molecular flexibility index (Phi) is 6.85. The van der Waals surface area contributed by atoms with Crippen molar-refractivity contribution in [2.75, 3.05) is 11.9 Å². The summed E-state index contributed by atoms with van der Waals surface area (Å²) in [6.07, 6.45) is 1.83. The first-order valence-corrected chi connectivity index (χ1v) is 12.4. The van der Waals surface area contributed by atoms with Gasteiger partial charge in [0.15, 0.2) is 5.69 Å². The van der Waals surface area contributed by atoms with E-state index in [1.165, 1.54) is 9.58 Å². The van der Waals surface area contributed by atoms with Crippen LogP contribution in [0.5, 0.6) is 0 Å². The molecule has 0 spiro atoms. The molecule has 38 heavy (non-hydrogen) atoms. The number of amides is 3. The van der Waals surface area contributed by atoms with Crippen molar-refractivity contribution in [3.63, 3.8) is 0 Å². The number of rotatable bonds is 6. The molecule has 1 aromatic carbocycles. The third-order valence-corrected chi connectivity index (χ3v) is 6.66. The van der Waals surface area contributed by atoms with E-state index in [-0.39, 0.29) is 31.0 Å². The van der Waals surface area contributed by atoms with E-state index in [1.54, 1.807) is 55.7 Å². The van der Waals surface area contributed by atoms with Gasteiger partial charge in [-0.25, -0.2) is 19.3 Å². The van der Waals surface area contributed by atoms with Crippen LogP contribution in [0.3, 0.4) is 0 Å². The van der Waals surface area contributed by atoms with Gasteiger partial charge in [-0.2, -0.15) is 5.10 Å². The van der Waals surface area contributed by atoms with E-state index in [0.717, 1.165) is 11.1 Å². The van der Waals surface area contributed by atoms with Gasteiger partial charge in [0.2, 0.25) is 11.8 Å². The molecule has 0 bridgehead atoms. The number of halogens is 2. The molecule has 1 saturated heterocycles. The minimum Gasteiger partial charge on any atom is -0.364 e. The summed E-state index contributed by atoms with van der Waals surface area (Å²) in [5.74, 6) is -0.933. The van der Waals surface area contributed by atoms with Crippen LogP contribution in [-0.2, 0) is 16.1 Å². The number of carbonyl (C=O) groups is 3. The molecular formula is C25H22BrFN8O3. The molecular weight excluding hydrogens is 559 g/mol. The minimum absolute atomic E-state index is 0.0116. The highest BCUT2D eigenvalue weighted by Gasteiger charge is 2.40. The van der Waals surface area contributed by atoms with Crippen molar-refractivity contribution in [2.24, 2.45) is 5.73 Å².